The van der Waals surface area contributed by atoms with Crippen LogP contribution in [0.1, 0.15) is 24.6 Å². The molecular weight excluding hydrogens is 206 g/mol. The SMILES string of the molecule is C[C@@H](O)[C@H]1CCCN(Cc2cccs2)C1. The van der Waals surface area contributed by atoms with Crippen LogP contribution in [0.2, 0.25) is 0 Å². The Morgan fingerprint density at radius 2 is 2.53 bits per heavy atom. The standard InChI is InChI=1S/C12H19NOS/c1-10(14)11-4-2-6-13(8-11)9-12-5-3-7-15-12/h3,5,7,10-11,14H,2,4,6,8-9H2,1H3/t10-,11+/m1/s1. The first-order chi connectivity index (χ1) is 7.25. The highest BCUT2D eigenvalue weighted by Crippen LogP contribution is 2.22. The van der Waals surface area contributed by atoms with Crippen LogP contribution in [-0.2, 0) is 6.54 Å². The molecule has 2 rings (SSSR count). The third-order valence-corrected chi connectivity index (χ3v) is 4.04. The summed E-state index contributed by atoms with van der Waals surface area (Å²) in [6, 6.07) is 4.30. The maximum Gasteiger partial charge on any atom is 0.0552 e. The van der Waals surface area contributed by atoms with Gasteiger partial charge in [0.1, 0.15) is 0 Å². The molecule has 0 saturated carbocycles. The van der Waals surface area contributed by atoms with E-state index in [9.17, 15) is 5.11 Å². The molecule has 84 valence electrons. The first-order valence-corrected chi connectivity index (χ1v) is 6.56. The summed E-state index contributed by atoms with van der Waals surface area (Å²) in [6.07, 6.45) is 2.25. The number of hydrogen-bond acceptors (Lipinski definition) is 3. The Morgan fingerprint density at radius 3 is 3.20 bits per heavy atom. The molecule has 1 N–H and O–H groups in total. The van der Waals surface area contributed by atoms with Crippen LogP contribution in [0.25, 0.3) is 0 Å². The third kappa shape index (κ3) is 3.03. The van der Waals surface area contributed by atoms with E-state index < -0.39 is 0 Å². The van der Waals surface area contributed by atoms with Gasteiger partial charge in [0, 0.05) is 18.0 Å². The topological polar surface area (TPSA) is 23.5 Å². The molecule has 2 atom stereocenters. The summed E-state index contributed by atoms with van der Waals surface area (Å²) in [5, 5.41) is 11.7. The molecule has 1 aromatic rings. The Labute approximate surface area is 95.5 Å². The highest BCUT2D eigenvalue weighted by Gasteiger charge is 2.23. The van der Waals surface area contributed by atoms with Crippen molar-refractivity contribution in [2.24, 2.45) is 5.92 Å². The Bertz CT molecular complexity index is 284. The molecular formula is C12H19NOS. The molecule has 0 aromatic carbocycles. The lowest BCUT2D eigenvalue weighted by Gasteiger charge is -2.33. The molecule has 0 bridgehead atoms. The minimum Gasteiger partial charge on any atom is -0.393 e. The fourth-order valence-electron chi connectivity index (χ4n) is 2.25. The van der Waals surface area contributed by atoms with Crippen molar-refractivity contribution in [3.05, 3.63) is 22.4 Å². The van der Waals surface area contributed by atoms with E-state index in [1.54, 1.807) is 0 Å². The number of thiophene rings is 1. The molecule has 0 aliphatic carbocycles. The number of aliphatic hydroxyl groups excluding tert-OH is 1. The molecule has 1 aliphatic heterocycles. The second-order valence-corrected chi connectivity index (χ2v) is 5.49. The monoisotopic (exact) mass is 225 g/mol. The largest absolute Gasteiger partial charge is 0.393 e. The molecule has 2 heterocycles. The Balaban J connectivity index is 1.88. The van der Waals surface area contributed by atoms with Crippen LogP contribution in [0.4, 0.5) is 0 Å². The first kappa shape index (κ1) is 11.1. The number of likely N-dealkylation sites (tertiary alicyclic amines) is 1. The van der Waals surface area contributed by atoms with Gasteiger partial charge < -0.3 is 5.11 Å². The number of piperidine rings is 1. The van der Waals surface area contributed by atoms with E-state index in [1.165, 1.54) is 24.3 Å². The molecule has 1 fully saturated rings. The molecule has 3 heteroatoms. The van der Waals surface area contributed by atoms with E-state index >= 15 is 0 Å². The fourth-order valence-corrected chi connectivity index (χ4v) is 3.00. The Hall–Kier alpha value is -0.380. The lowest BCUT2D eigenvalue weighted by Crippen LogP contribution is -2.38. The third-order valence-electron chi connectivity index (χ3n) is 3.18. The van der Waals surface area contributed by atoms with Crippen molar-refractivity contribution in [1.82, 2.24) is 4.90 Å². The zero-order chi connectivity index (χ0) is 10.7. The molecule has 0 radical (unpaired) electrons. The summed E-state index contributed by atoms with van der Waals surface area (Å²) < 4.78 is 0. The summed E-state index contributed by atoms with van der Waals surface area (Å²) in [7, 11) is 0. The van der Waals surface area contributed by atoms with Crippen molar-refractivity contribution in [3.63, 3.8) is 0 Å². The van der Waals surface area contributed by atoms with E-state index in [0.29, 0.717) is 5.92 Å². The summed E-state index contributed by atoms with van der Waals surface area (Å²) in [5.41, 5.74) is 0. The van der Waals surface area contributed by atoms with Crippen molar-refractivity contribution in [2.75, 3.05) is 13.1 Å². The summed E-state index contributed by atoms with van der Waals surface area (Å²) >= 11 is 1.82. The molecule has 0 spiro atoms. The second kappa shape index (κ2) is 5.10. The van der Waals surface area contributed by atoms with Gasteiger partial charge in [-0.15, -0.1) is 11.3 Å². The van der Waals surface area contributed by atoms with Gasteiger partial charge in [-0.05, 0) is 43.7 Å². The average molecular weight is 225 g/mol. The smallest absolute Gasteiger partial charge is 0.0552 e. The average Bonchev–Trinajstić information content (AvgIpc) is 2.71. The molecule has 1 aromatic heterocycles. The summed E-state index contributed by atoms with van der Waals surface area (Å²) in [6.45, 7) is 5.21. The minimum atomic E-state index is -0.156. The zero-order valence-corrected chi connectivity index (χ0v) is 10.0. The maximum atomic E-state index is 9.60. The van der Waals surface area contributed by atoms with Gasteiger partial charge >= 0.3 is 0 Å². The van der Waals surface area contributed by atoms with Gasteiger partial charge in [-0.1, -0.05) is 6.07 Å². The van der Waals surface area contributed by atoms with Gasteiger partial charge in [0.15, 0.2) is 0 Å². The van der Waals surface area contributed by atoms with Crippen LogP contribution < -0.4 is 0 Å². The van der Waals surface area contributed by atoms with Crippen LogP contribution in [0, 0.1) is 5.92 Å². The van der Waals surface area contributed by atoms with Crippen molar-refractivity contribution in [3.8, 4) is 0 Å². The predicted molar refractivity (Wildman–Crippen MR) is 64.0 cm³/mol. The van der Waals surface area contributed by atoms with Crippen LogP contribution >= 0.6 is 11.3 Å². The highest BCUT2D eigenvalue weighted by atomic mass is 32.1. The van der Waals surface area contributed by atoms with Crippen molar-refractivity contribution in [2.45, 2.75) is 32.4 Å². The molecule has 0 unspecified atom stereocenters. The van der Waals surface area contributed by atoms with Crippen LogP contribution in [-0.4, -0.2) is 29.2 Å². The summed E-state index contributed by atoms with van der Waals surface area (Å²) in [4.78, 5) is 3.90. The number of hydrogen-bond donors (Lipinski definition) is 1. The van der Waals surface area contributed by atoms with Gasteiger partial charge in [0.25, 0.3) is 0 Å². The molecule has 2 nitrogen and oxygen atoms in total. The molecule has 0 amide bonds. The van der Waals surface area contributed by atoms with E-state index in [-0.39, 0.29) is 6.10 Å². The van der Waals surface area contributed by atoms with Crippen molar-refractivity contribution in [1.29, 1.82) is 0 Å². The fraction of sp³-hybridized carbons (Fsp3) is 0.667. The number of nitrogens with zero attached hydrogens (tertiary/aromatic N) is 1. The van der Waals surface area contributed by atoms with Crippen LogP contribution in [0.5, 0.6) is 0 Å². The van der Waals surface area contributed by atoms with Crippen LogP contribution in [0.15, 0.2) is 17.5 Å². The van der Waals surface area contributed by atoms with Gasteiger partial charge in [-0.25, -0.2) is 0 Å². The lowest BCUT2D eigenvalue weighted by atomic mass is 9.93. The van der Waals surface area contributed by atoms with E-state index in [2.05, 4.69) is 22.4 Å². The Morgan fingerprint density at radius 1 is 1.67 bits per heavy atom. The minimum absolute atomic E-state index is 0.156. The lowest BCUT2D eigenvalue weighted by molar-refractivity contribution is 0.0603. The number of rotatable bonds is 3. The van der Waals surface area contributed by atoms with Gasteiger partial charge in [0.05, 0.1) is 6.10 Å². The molecule has 1 saturated heterocycles. The zero-order valence-electron chi connectivity index (χ0n) is 9.22. The van der Waals surface area contributed by atoms with Gasteiger partial charge in [-0.2, -0.15) is 0 Å². The summed E-state index contributed by atoms with van der Waals surface area (Å²) in [5.74, 6) is 0.471. The van der Waals surface area contributed by atoms with Gasteiger partial charge in [-0.3, -0.25) is 4.90 Å². The predicted octanol–water partition coefficient (Wildman–Crippen LogP) is 2.34. The molecule has 1 aliphatic rings. The first-order valence-electron chi connectivity index (χ1n) is 5.68. The van der Waals surface area contributed by atoms with Crippen molar-refractivity contribution >= 4 is 11.3 Å². The maximum absolute atomic E-state index is 9.60. The van der Waals surface area contributed by atoms with E-state index in [1.807, 2.05) is 18.3 Å². The van der Waals surface area contributed by atoms with E-state index in [4.69, 9.17) is 0 Å². The highest BCUT2D eigenvalue weighted by molar-refractivity contribution is 7.09. The molecule has 15 heavy (non-hydrogen) atoms. The van der Waals surface area contributed by atoms with Gasteiger partial charge in [0.2, 0.25) is 0 Å². The Kier molecular flexibility index (Phi) is 3.78. The second-order valence-electron chi connectivity index (χ2n) is 4.46. The quantitative estimate of drug-likeness (QED) is 0.853. The van der Waals surface area contributed by atoms with Crippen LogP contribution in [0.3, 0.4) is 0 Å². The van der Waals surface area contributed by atoms with Crippen molar-refractivity contribution < 1.29 is 5.11 Å². The van der Waals surface area contributed by atoms with E-state index in [0.717, 1.165) is 13.1 Å². The number of aliphatic hydroxyl groups is 1. The normalized spacial score (nSPS) is 25.3.